The highest BCUT2D eigenvalue weighted by Gasteiger charge is 2.71. The third kappa shape index (κ3) is 14.5. The average Bonchev–Trinajstić information content (AvgIpc) is 0.878. The highest BCUT2D eigenvalue weighted by Crippen LogP contribution is 2.76. The molecule has 0 bridgehead atoms. The molecule has 7 saturated heterocycles. The SMILES string of the molecule is C[C@H]1O[C@@H](O[C@H]2CO[C@H](O[C@H]3CC[C@@]4(C)[C@H](CC[C@@]5(C)[C@H]4CC=C4[C@@H]6CC(C)(C)CC[C@]6(C(=O)O[C@H]6O[C@@H](CO)[C@@H](O[C@H]7O[C@H]([C@H](O)CO)[C@H](O)[C@@H]7O[C@@H]7O[C@@H](CO)[C@H](O)[C@H](O)[C@H]7O)[C@@H](O)[C@@H]6O)CC[C@@]45C)C3(C)C)[C@H](O)[C@@H]2O)[C@@H](O[C@@H]2OC[C@H](O)[C@@H](O)[C@H]2O)[C@@H](O[C@H]2O[C@H](CO)[C@@H](O)[C@H](O)[C@@H]2O)[C@@H]1O. The molecule has 20 N–H and O–H groups in total. The van der Waals surface area contributed by atoms with Crippen LogP contribution in [-0.4, -0.2) is 357 Å². The first-order valence-corrected chi connectivity index (χ1v) is 37.0. The summed E-state index contributed by atoms with van der Waals surface area (Å²) in [6.45, 7) is 12.8. The molecule has 105 heavy (non-hydrogen) atoms. The van der Waals surface area contributed by atoms with E-state index in [-0.39, 0.29) is 34.0 Å². The largest absolute Gasteiger partial charge is 0.432 e. The predicted molar refractivity (Wildman–Crippen MR) is 347 cm³/mol. The van der Waals surface area contributed by atoms with Gasteiger partial charge >= 0.3 is 5.97 Å². The number of hydrogen-bond acceptors (Lipinski definition) is 35. The quantitative estimate of drug-likeness (QED) is 0.0325. The van der Waals surface area contributed by atoms with Gasteiger partial charge in [-0.1, -0.05) is 60.1 Å². The molecule has 0 radical (unpaired) electrons. The van der Waals surface area contributed by atoms with Gasteiger partial charge in [0.2, 0.25) is 6.29 Å². The number of ether oxygens (including phenoxy) is 14. The second-order valence-corrected chi connectivity index (χ2v) is 33.8. The van der Waals surface area contributed by atoms with E-state index in [4.69, 9.17) is 66.3 Å². The lowest BCUT2D eigenvalue weighted by molar-refractivity contribution is -0.396. The number of carbonyl (C=O) groups excluding carboxylic acids is 1. The summed E-state index contributed by atoms with van der Waals surface area (Å²) in [7, 11) is 0. The van der Waals surface area contributed by atoms with Crippen molar-refractivity contribution in [3.05, 3.63) is 11.6 Å². The van der Waals surface area contributed by atoms with Crippen molar-refractivity contribution in [1.82, 2.24) is 0 Å². The molecular formula is C70H114O35. The van der Waals surface area contributed by atoms with E-state index >= 15 is 4.79 Å². The molecule has 4 saturated carbocycles. The first kappa shape index (κ1) is 82.4. The fourth-order valence-corrected chi connectivity index (χ4v) is 20.3. The van der Waals surface area contributed by atoms with Crippen molar-refractivity contribution in [1.29, 1.82) is 0 Å². The molecule has 5 aliphatic carbocycles. The summed E-state index contributed by atoms with van der Waals surface area (Å²) in [5.41, 5.74) is -1.68. The molecule has 0 amide bonds. The Labute approximate surface area is 607 Å². The molecule has 12 rings (SSSR count). The van der Waals surface area contributed by atoms with Crippen LogP contribution in [0.3, 0.4) is 0 Å². The first-order chi connectivity index (χ1) is 49.4. The van der Waals surface area contributed by atoms with Crippen LogP contribution in [0.25, 0.3) is 0 Å². The number of aliphatic hydroxyl groups excluding tert-OH is 20. The molecule has 0 aromatic carbocycles. The van der Waals surface area contributed by atoms with Crippen LogP contribution in [0, 0.1) is 50.2 Å². The minimum atomic E-state index is -2.01. The smallest absolute Gasteiger partial charge is 0.315 e. The monoisotopic (exact) mass is 1510 g/mol. The van der Waals surface area contributed by atoms with E-state index in [0.29, 0.717) is 44.9 Å². The molecule has 7 heterocycles. The highest BCUT2D eigenvalue weighted by atomic mass is 16.8. The molecular weight excluding hydrogens is 1400 g/mol. The maximum atomic E-state index is 15.4. The number of allylic oxidation sites excluding steroid dienone is 2. The van der Waals surface area contributed by atoms with E-state index in [1.54, 1.807) is 0 Å². The second-order valence-electron chi connectivity index (χ2n) is 33.8. The molecule has 7 aliphatic heterocycles. The fraction of sp³-hybridized carbons (Fsp3) is 0.957. The summed E-state index contributed by atoms with van der Waals surface area (Å²) < 4.78 is 84.2. The van der Waals surface area contributed by atoms with Gasteiger partial charge in [0.25, 0.3) is 0 Å². The summed E-state index contributed by atoms with van der Waals surface area (Å²) in [6, 6.07) is 0. The summed E-state index contributed by atoms with van der Waals surface area (Å²) in [4.78, 5) is 15.4. The number of esters is 1. The molecule has 11 fully saturated rings. The Morgan fingerprint density at radius 3 is 1.66 bits per heavy atom. The van der Waals surface area contributed by atoms with E-state index < -0.39 is 271 Å². The van der Waals surface area contributed by atoms with Crippen LogP contribution in [-0.2, 0) is 71.1 Å². The van der Waals surface area contributed by atoms with Crippen LogP contribution in [0.15, 0.2) is 11.6 Å². The Bertz CT molecular complexity index is 2970. The zero-order valence-corrected chi connectivity index (χ0v) is 60.3. The standard InChI is InChI=1S/C70H114O35/c1-26-38(77)54(102-59-48(87)43(82)40(79)31(21-72)95-59)56(104-58-46(85)39(78)30(76)24-92-58)63(94-26)98-34-25-93-57(47(86)42(34)81)99-37-12-13-67(6)35(66(37,4)5)11-14-69(8)36(67)10-9-27-28-19-65(2,3)15-17-70(28,18-16-68(27,69)7)64(91)105-61-50(89)45(84)53(33(23-74)97-61)101-62-55(51(90)52(100-62)29(75)20-71)103-60-49(88)44(83)41(80)32(22-73)96-60/h9,26,28-63,71-90H,10-25H2,1-8H3/t26-,28+,29-,30+,31-,32+,33+,34+,35-,36+,37+,38-,39-,40-,41+,42-,43+,44+,45+,46-,47-,48+,49-,50+,51+,52-,53-,54+,55+,56+,57-,58+,59-,60+,61-,62-,63+,67+,68+,69+,70+/m1/s1. The molecule has 12 aliphatic rings. The Balaban J connectivity index is 0.715. The molecule has 0 aromatic rings. The first-order valence-electron chi connectivity index (χ1n) is 37.0. The lowest BCUT2D eigenvalue weighted by Gasteiger charge is -2.71. The van der Waals surface area contributed by atoms with Gasteiger partial charge in [0.05, 0.1) is 57.3 Å². The maximum Gasteiger partial charge on any atom is 0.315 e. The van der Waals surface area contributed by atoms with Crippen LogP contribution >= 0.6 is 0 Å². The van der Waals surface area contributed by atoms with Gasteiger partial charge in [-0.3, -0.25) is 4.79 Å². The van der Waals surface area contributed by atoms with E-state index in [1.807, 2.05) is 0 Å². The Morgan fingerprint density at radius 2 is 1.03 bits per heavy atom. The lowest BCUT2D eigenvalue weighted by Crippen LogP contribution is -2.67. The van der Waals surface area contributed by atoms with Crippen molar-refractivity contribution in [3.63, 3.8) is 0 Å². The van der Waals surface area contributed by atoms with Crippen LogP contribution in [0.5, 0.6) is 0 Å². The zero-order valence-electron chi connectivity index (χ0n) is 60.3. The van der Waals surface area contributed by atoms with Gasteiger partial charge < -0.3 is 168 Å². The van der Waals surface area contributed by atoms with Gasteiger partial charge in [0.15, 0.2) is 37.7 Å². The van der Waals surface area contributed by atoms with Gasteiger partial charge in [-0.25, -0.2) is 0 Å². The fourth-order valence-electron chi connectivity index (χ4n) is 20.3. The average molecular weight is 1520 g/mol. The molecule has 41 atom stereocenters. The molecule has 604 valence electrons. The summed E-state index contributed by atoms with van der Waals surface area (Å²) >= 11 is 0. The molecule has 0 spiro atoms. The maximum absolute atomic E-state index is 15.4. The van der Waals surface area contributed by atoms with Crippen molar-refractivity contribution < 1.29 is 173 Å². The van der Waals surface area contributed by atoms with Gasteiger partial charge in [-0.05, 0) is 116 Å². The van der Waals surface area contributed by atoms with Gasteiger partial charge in [0, 0.05) is 0 Å². The Hall–Kier alpha value is -2.11. The summed E-state index contributed by atoms with van der Waals surface area (Å²) in [5.74, 6) is -0.757. The van der Waals surface area contributed by atoms with Crippen LogP contribution < -0.4 is 0 Å². The van der Waals surface area contributed by atoms with Crippen LogP contribution in [0.4, 0.5) is 0 Å². The number of carbonyl (C=O) groups is 1. The number of fused-ring (bicyclic) bond motifs is 7. The minimum absolute atomic E-state index is 0.0740. The Morgan fingerprint density at radius 1 is 0.486 bits per heavy atom. The van der Waals surface area contributed by atoms with Crippen molar-refractivity contribution in [2.45, 2.75) is 328 Å². The lowest BCUT2D eigenvalue weighted by atomic mass is 9.33. The number of rotatable bonds is 19. The molecule has 35 heteroatoms. The van der Waals surface area contributed by atoms with Crippen molar-refractivity contribution >= 4 is 5.97 Å². The third-order valence-corrected chi connectivity index (χ3v) is 26.9. The minimum Gasteiger partial charge on any atom is -0.432 e. The van der Waals surface area contributed by atoms with Gasteiger partial charge in [-0.15, -0.1) is 0 Å². The second kappa shape index (κ2) is 31.3. The highest BCUT2D eigenvalue weighted by molar-refractivity contribution is 5.79. The summed E-state index contributed by atoms with van der Waals surface area (Å²) in [6.07, 6.45) is -48.7. The third-order valence-electron chi connectivity index (χ3n) is 26.9. The van der Waals surface area contributed by atoms with E-state index in [9.17, 15) is 102 Å². The van der Waals surface area contributed by atoms with Crippen molar-refractivity contribution in [3.8, 4) is 0 Å². The molecule has 35 nitrogen and oxygen atoms in total. The van der Waals surface area contributed by atoms with Gasteiger partial charge in [-0.2, -0.15) is 0 Å². The zero-order chi connectivity index (χ0) is 76.4. The number of hydrogen-bond donors (Lipinski definition) is 20. The normalized spacial score (nSPS) is 53.7. The van der Waals surface area contributed by atoms with E-state index in [2.05, 4.69) is 54.5 Å². The van der Waals surface area contributed by atoms with Crippen LogP contribution in [0.2, 0.25) is 0 Å². The van der Waals surface area contributed by atoms with Gasteiger partial charge in [0.1, 0.15) is 153 Å². The van der Waals surface area contributed by atoms with E-state index in [1.165, 1.54) is 12.5 Å². The summed E-state index contributed by atoms with van der Waals surface area (Å²) in [5, 5.41) is 217. The van der Waals surface area contributed by atoms with E-state index in [0.717, 1.165) is 19.3 Å². The topological polar surface area (TPSA) is 551 Å². The van der Waals surface area contributed by atoms with Crippen LogP contribution in [0.1, 0.15) is 120 Å². The van der Waals surface area contributed by atoms with Crippen molar-refractivity contribution in [2.24, 2.45) is 50.2 Å². The Kier molecular flexibility index (Phi) is 24.6. The molecule has 0 aromatic heterocycles. The van der Waals surface area contributed by atoms with Crippen molar-refractivity contribution in [2.75, 3.05) is 39.6 Å². The predicted octanol–water partition coefficient (Wildman–Crippen LogP) is -6.26. The number of aliphatic hydroxyl groups is 20. The molecule has 0 unspecified atom stereocenters.